The molecule has 178 valence electrons. The van der Waals surface area contributed by atoms with Crippen molar-refractivity contribution in [1.82, 2.24) is 19.8 Å². The molecular weight excluding hydrogens is 464 g/mol. The summed E-state index contributed by atoms with van der Waals surface area (Å²) in [6.45, 7) is 4.32. The Balaban J connectivity index is 1.65. The van der Waals surface area contributed by atoms with E-state index in [0.717, 1.165) is 33.6 Å². The molecule has 2 fully saturated rings. The molecule has 1 saturated heterocycles. The van der Waals surface area contributed by atoms with Crippen molar-refractivity contribution in [2.75, 3.05) is 7.11 Å². The SMILES string of the molecule is COc1ccc(Cl)cc1-n1c(C)cc([C@H]2[C@@H](c3ccccn3)NC(=S)N2C2CCCCC2)c1C. The van der Waals surface area contributed by atoms with Crippen molar-refractivity contribution in [3.8, 4) is 11.4 Å². The van der Waals surface area contributed by atoms with Crippen molar-refractivity contribution in [1.29, 1.82) is 0 Å². The summed E-state index contributed by atoms with van der Waals surface area (Å²) in [4.78, 5) is 7.18. The fourth-order valence-electron chi connectivity index (χ4n) is 5.75. The third-order valence-electron chi connectivity index (χ3n) is 7.27. The van der Waals surface area contributed by atoms with Gasteiger partial charge in [-0.3, -0.25) is 4.98 Å². The molecule has 2 aromatic heterocycles. The number of hydrogen-bond acceptors (Lipinski definition) is 3. The summed E-state index contributed by atoms with van der Waals surface area (Å²) in [5.74, 6) is 0.795. The highest BCUT2D eigenvalue weighted by molar-refractivity contribution is 7.80. The fourth-order valence-corrected chi connectivity index (χ4v) is 6.30. The minimum Gasteiger partial charge on any atom is -0.495 e. The van der Waals surface area contributed by atoms with Gasteiger partial charge in [-0.15, -0.1) is 0 Å². The predicted octanol–water partition coefficient (Wildman–Crippen LogP) is 6.46. The summed E-state index contributed by atoms with van der Waals surface area (Å²) in [7, 11) is 1.70. The van der Waals surface area contributed by atoms with Gasteiger partial charge in [0.2, 0.25) is 0 Å². The lowest BCUT2D eigenvalue weighted by Gasteiger charge is -2.37. The summed E-state index contributed by atoms with van der Waals surface area (Å²) in [5, 5.41) is 5.15. The number of aromatic nitrogens is 2. The van der Waals surface area contributed by atoms with Crippen LogP contribution in [0.15, 0.2) is 48.7 Å². The van der Waals surface area contributed by atoms with Gasteiger partial charge < -0.3 is 19.5 Å². The van der Waals surface area contributed by atoms with Crippen molar-refractivity contribution in [3.63, 3.8) is 0 Å². The lowest BCUT2D eigenvalue weighted by Crippen LogP contribution is -2.40. The maximum absolute atomic E-state index is 6.40. The van der Waals surface area contributed by atoms with E-state index in [9.17, 15) is 0 Å². The normalized spacial score (nSPS) is 21.1. The van der Waals surface area contributed by atoms with Crippen molar-refractivity contribution in [2.45, 2.75) is 64.1 Å². The summed E-state index contributed by atoms with van der Waals surface area (Å²) in [5.41, 5.74) is 5.51. The van der Waals surface area contributed by atoms with Crippen molar-refractivity contribution < 1.29 is 4.74 Å². The molecule has 2 atom stereocenters. The van der Waals surface area contributed by atoms with Crippen LogP contribution in [0.5, 0.6) is 5.75 Å². The number of ether oxygens (including phenoxy) is 1. The summed E-state index contributed by atoms with van der Waals surface area (Å²) in [6, 6.07) is 14.6. The number of methoxy groups -OCH3 is 1. The van der Waals surface area contributed by atoms with E-state index < -0.39 is 0 Å². The molecule has 34 heavy (non-hydrogen) atoms. The molecule has 0 radical (unpaired) electrons. The molecule has 1 aromatic carbocycles. The Kier molecular flexibility index (Phi) is 6.54. The monoisotopic (exact) mass is 494 g/mol. The van der Waals surface area contributed by atoms with Gasteiger partial charge in [-0.2, -0.15) is 0 Å². The van der Waals surface area contributed by atoms with Gasteiger partial charge in [0.25, 0.3) is 0 Å². The first-order valence-corrected chi connectivity index (χ1v) is 12.8. The van der Waals surface area contributed by atoms with E-state index in [1.165, 1.54) is 37.7 Å². The molecule has 7 heteroatoms. The first kappa shape index (κ1) is 23.2. The third kappa shape index (κ3) is 4.07. The molecule has 1 aliphatic heterocycles. The van der Waals surface area contributed by atoms with Crippen LogP contribution in [0.2, 0.25) is 5.02 Å². The first-order chi connectivity index (χ1) is 16.5. The van der Waals surface area contributed by atoms with Gasteiger partial charge in [0, 0.05) is 28.6 Å². The Morgan fingerprint density at radius 2 is 1.88 bits per heavy atom. The zero-order chi connectivity index (χ0) is 23.8. The molecule has 1 saturated carbocycles. The number of rotatable bonds is 5. The lowest BCUT2D eigenvalue weighted by atomic mass is 9.90. The average molecular weight is 495 g/mol. The van der Waals surface area contributed by atoms with Gasteiger partial charge in [-0.05, 0) is 80.9 Å². The largest absolute Gasteiger partial charge is 0.495 e. The van der Waals surface area contributed by atoms with Gasteiger partial charge >= 0.3 is 0 Å². The quantitative estimate of drug-likeness (QED) is 0.412. The van der Waals surface area contributed by atoms with Crippen molar-refractivity contribution >= 4 is 28.9 Å². The molecule has 3 aromatic rings. The number of halogens is 1. The molecule has 0 bridgehead atoms. The Labute approximate surface area is 212 Å². The third-order valence-corrected chi connectivity index (χ3v) is 7.84. The molecule has 0 amide bonds. The standard InChI is InChI=1S/C27H31ClN4OS/c1-17-15-21(18(2)31(17)23-16-19(28)12-13-24(23)33-3)26-25(22-11-7-8-14-29-22)30-27(34)32(26)20-9-5-4-6-10-20/h7-8,11-16,20,25-26H,4-6,9-10H2,1-3H3,(H,30,34)/t25-,26+/m1/s1. The van der Waals surface area contributed by atoms with Gasteiger partial charge in [0.05, 0.1) is 30.6 Å². The number of hydrogen-bond donors (Lipinski definition) is 1. The van der Waals surface area contributed by atoms with Crippen LogP contribution < -0.4 is 10.1 Å². The van der Waals surface area contributed by atoms with Gasteiger partial charge in [0.15, 0.2) is 5.11 Å². The smallest absolute Gasteiger partial charge is 0.170 e. The maximum Gasteiger partial charge on any atom is 0.170 e. The Morgan fingerprint density at radius 1 is 1.09 bits per heavy atom. The molecule has 1 N–H and O–H groups in total. The minimum absolute atomic E-state index is 0.00849. The van der Waals surface area contributed by atoms with Crippen LogP contribution >= 0.6 is 23.8 Å². The van der Waals surface area contributed by atoms with E-state index in [-0.39, 0.29) is 12.1 Å². The molecule has 1 aliphatic carbocycles. The highest BCUT2D eigenvalue weighted by Crippen LogP contribution is 2.45. The van der Waals surface area contributed by atoms with Crippen molar-refractivity contribution in [3.05, 3.63) is 76.3 Å². The van der Waals surface area contributed by atoms with E-state index in [1.807, 2.05) is 36.5 Å². The fraction of sp³-hybridized carbons (Fsp3) is 0.407. The second-order valence-corrected chi connectivity index (χ2v) is 10.1. The molecule has 2 aliphatic rings. The molecule has 5 nitrogen and oxygen atoms in total. The van der Waals surface area contributed by atoms with Crippen LogP contribution in [0, 0.1) is 13.8 Å². The number of aryl methyl sites for hydroxylation is 1. The highest BCUT2D eigenvalue weighted by Gasteiger charge is 2.44. The predicted molar refractivity (Wildman–Crippen MR) is 141 cm³/mol. The van der Waals surface area contributed by atoms with Gasteiger partial charge in [-0.1, -0.05) is 36.9 Å². The highest BCUT2D eigenvalue weighted by atomic mass is 35.5. The van der Waals surface area contributed by atoms with E-state index in [2.05, 4.69) is 40.8 Å². The van der Waals surface area contributed by atoms with Crippen LogP contribution in [0.1, 0.15) is 66.8 Å². The summed E-state index contributed by atoms with van der Waals surface area (Å²) in [6.07, 6.45) is 8.03. The molecular formula is C27H31ClN4OS. The van der Waals surface area contributed by atoms with Crippen LogP contribution in [-0.4, -0.2) is 32.7 Å². The van der Waals surface area contributed by atoms with Crippen LogP contribution in [0.4, 0.5) is 0 Å². The zero-order valence-electron chi connectivity index (χ0n) is 19.9. The van der Waals surface area contributed by atoms with Crippen LogP contribution in [0.25, 0.3) is 5.69 Å². The Hall–Kier alpha value is -2.57. The average Bonchev–Trinajstić information content (AvgIpc) is 3.35. The number of thiocarbonyl (C=S) groups is 1. The number of nitrogens with zero attached hydrogens (tertiary/aromatic N) is 3. The summed E-state index contributed by atoms with van der Waals surface area (Å²) < 4.78 is 7.94. The maximum atomic E-state index is 6.40. The zero-order valence-corrected chi connectivity index (χ0v) is 21.5. The second-order valence-electron chi connectivity index (χ2n) is 9.30. The first-order valence-electron chi connectivity index (χ1n) is 12.0. The van der Waals surface area contributed by atoms with E-state index in [1.54, 1.807) is 7.11 Å². The van der Waals surface area contributed by atoms with Crippen LogP contribution in [-0.2, 0) is 0 Å². The van der Waals surface area contributed by atoms with E-state index in [0.29, 0.717) is 11.1 Å². The molecule has 3 heterocycles. The number of pyridine rings is 1. The van der Waals surface area contributed by atoms with E-state index >= 15 is 0 Å². The minimum atomic E-state index is -0.00849. The topological polar surface area (TPSA) is 42.3 Å². The van der Waals surface area contributed by atoms with Gasteiger partial charge in [0.1, 0.15) is 5.75 Å². The Bertz CT molecular complexity index is 1190. The number of benzene rings is 1. The summed E-state index contributed by atoms with van der Waals surface area (Å²) >= 11 is 12.3. The Morgan fingerprint density at radius 3 is 2.59 bits per heavy atom. The van der Waals surface area contributed by atoms with Crippen LogP contribution in [0.3, 0.4) is 0 Å². The van der Waals surface area contributed by atoms with Crippen molar-refractivity contribution in [2.24, 2.45) is 0 Å². The van der Waals surface area contributed by atoms with Gasteiger partial charge in [-0.25, -0.2) is 0 Å². The second kappa shape index (κ2) is 9.59. The molecule has 5 rings (SSSR count). The number of nitrogens with one attached hydrogen (secondary N) is 1. The lowest BCUT2D eigenvalue weighted by molar-refractivity contribution is 0.197. The molecule has 0 unspecified atom stereocenters. The molecule has 0 spiro atoms. The van der Waals surface area contributed by atoms with E-state index in [4.69, 9.17) is 33.5 Å².